The lowest BCUT2D eigenvalue weighted by molar-refractivity contribution is 0.0258. The zero-order chi connectivity index (χ0) is 20.1. The van der Waals surface area contributed by atoms with Crippen LogP contribution in [0.1, 0.15) is 47.8 Å². The van der Waals surface area contributed by atoms with E-state index in [1.807, 2.05) is 69.3 Å². The second-order valence-corrected chi connectivity index (χ2v) is 8.12. The smallest absolute Gasteiger partial charge is 0.410 e. The maximum Gasteiger partial charge on any atom is 0.410 e. The van der Waals surface area contributed by atoms with Gasteiger partial charge in [-0.25, -0.2) is 4.79 Å². The molecule has 5 heteroatoms. The van der Waals surface area contributed by atoms with Crippen LogP contribution in [0.25, 0.3) is 0 Å². The Kier molecular flexibility index (Phi) is 6.02. The first kappa shape index (κ1) is 19.9. The maximum atomic E-state index is 12.5. The molecule has 2 aromatic rings. The number of carbonyl (C=O) groups excluding carboxylic acids is 2. The number of benzene rings is 2. The van der Waals surface area contributed by atoms with E-state index in [1.165, 1.54) is 5.56 Å². The molecule has 0 radical (unpaired) electrons. The van der Waals surface area contributed by atoms with E-state index in [0.29, 0.717) is 31.6 Å². The van der Waals surface area contributed by atoms with Gasteiger partial charge in [0.2, 0.25) is 0 Å². The minimum Gasteiger partial charge on any atom is -0.444 e. The molecule has 1 aliphatic heterocycles. The predicted molar refractivity (Wildman–Crippen MR) is 109 cm³/mol. The zero-order valence-electron chi connectivity index (χ0n) is 16.8. The molecular weight excluding hydrogens is 352 g/mol. The Hall–Kier alpha value is -2.82. The highest BCUT2D eigenvalue weighted by Gasteiger charge is 2.24. The van der Waals surface area contributed by atoms with E-state index < -0.39 is 5.60 Å². The quantitative estimate of drug-likeness (QED) is 0.877. The minimum absolute atomic E-state index is 0.0834. The number of nitrogens with zero attached hydrogens (tertiary/aromatic N) is 1. The van der Waals surface area contributed by atoms with Crippen molar-refractivity contribution in [1.29, 1.82) is 0 Å². The molecule has 0 aromatic heterocycles. The van der Waals surface area contributed by atoms with E-state index in [1.54, 1.807) is 4.90 Å². The summed E-state index contributed by atoms with van der Waals surface area (Å²) < 4.78 is 5.49. The molecule has 3 rings (SSSR count). The van der Waals surface area contributed by atoms with Crippen LogP contribution >= 0.6 is 0 Å². The first-order valence-corrected chi connectivity index (χ1v) is 9.74. The van der Waals surface area contributed by atoms with E-state index >= 15 is 0 Å². The Bertz CT molecular complexity index is 841. The fourth-order valence-corrected chi connectivity index (χ4v) is 3.26. The molecule has 1 N–H and O–H groups in total. The molecule has 0 spiro atoms. The summed E-state index contributed by atoms with van der Waals surface area (Å²) in [4.78, 5) is 26.6. The zero-order valence-corrected chi connectivity index (χ0v) is 16.8. The van der Waals surface area contributed by atoms with Gasteiger partial charge in [-0.15, -0.1) is 0 Å². The molecule has 5 nitrogen and oxygen atoms in total. The first-order chi connectivity index (χ1) is 13.3. The molecule has 0 unspecified atom stereocenters. The molecule has 148 valence electrons. The highest BCUT2D eigenvalue weighted by Crippen LogP contribution is 2.20. The van der Waals surface area contributed by atoms with E-state index in [-0.39, 0.29) is 12.0 Å². The van der Waals surface area contributed by atoms with Crippen LogP contribution in [0.4, 0.5) is 4.79 Å². The summed E-state index contributed by atoms with van der Waals surface area (Å²) >= 11 is 0. The van der Waals surface area contributed by atoms with Crippen molar-refractivity contribution in [2.75, 3.05) is 13.1 Å². The van der Waals surface area contributed by atoms with Crippen LogP contribution in [0.3, 0.4) is 0 Å². The second-order valence-electron chi connectivity index (χ2n) is 8.12. The van der Waals surface area contributed by atoms with E-state index in [2.05, 4.69) is 5.32 Å². The summed E-state index contributed by atoms with van der Waals surface area (Å²) in [5, 5.41) is 2.97. The minimum atomic E-state index is -0.500. The van der Waals surface area contributed by atoms with Crippen LogP contribution < -0.4 is 5.32 Å². The summed E-state index contributed by atoms with van der Waals surface area (Å²) in [7, 11) is 0. The lowest BCUT2D eigenvalue weighted by Gasteiger charge is -2.26. The number of rotatable bonds is 3. The van der Waals surface area contributed by atoms with Gasteiger partial charge in [-0.2, -0.15) is 0 Å². The Balaban J connectivity index is 1.63. The van der Waals surface area contributed by atoms with Crippen molar-refractivity contribution in [2.24, 2.45) is 0 Å². The van der Waals surface area contributed by atoms with Gasteiger partial charge in [0.25, 0.3) is 5.91 Å². The molecule has 0 aliphatic carbocycles. The highest BCUT2D eigenvalue weighted by atomic mass is 16.6. The number of nitrogens with one attached hydrogen (secondary N) is 1. The Morgan fingerprint density at radius 3 is 2.36 bits per heavy atom. The van der Waals surface area contributed by atoms with Gasteiger partial charge in [0, 0.05) is 25.2 Å². The Labute approximate surface area is 166 Å². The van der Waals surface area contributed by atoms with Crippen LogP contribution in [0.15, 0.2) is 48.5 Å². The third-order valence-corrected chi connectivity index (χ3v) is 4.72. The third-order valence-electron chi connectivity index (χ3n) is 4.72. The normalized spacial score (nSPS) is 14.0. The number of hydrogen-bond acceptors (Lipinski definition) is 3. The van der Waals surface area contributed by atoms with E-state index in [4.69, 9.17) is 4.74 Å². The predicted octanol–water partition coefficient (Wildman–Crippen LogP) is 3.95. The van der Waals surface area contributed by atoms with Crippen molar-refractivity contribution in [3.8, 4) is 0 Å². The molecule has 0 bridgehead atoms. The first-order valence-electron chi connectivity index (χ1n) is 9.74. The highest BCUT2D eigenvalue weighted by molar-refractivity contribution is 5.94. The van der Waals surface area contributed by atoms with Crippen LogP contribution in [-0.4, -0.2) is 35.6 Å². The Morgan fingerprint density at radius 2 is 1.68 bits per heavy atom. The van der Waals surface area contributed by atoms with Gasteiger partial charge in [0.05, 0.1) is 0 Å². The number of amides is 2. The van der Waals surface area contributed by atoms with Gasteiger partial charge in [0.1, 0.15) is 5.60 Å². The molecule has 0 atom stereocenters. The summed E-state index contributed by atoms with van der Waals surface area (Å²) in [5.74, 6) is -0.0834. The third kappa shape index (κ3) is 5.35. The van der Waals surface area contributed by atoms with Crippen molar-refractivity contribution >= 4 is 12.0 Å². The van der Waals surface area contributed by atoms with Gasteiger partial charge >= 0.3 is 6.09 Å². The molecule has 28 heavy (non-hydrogen) atoms. The van der Waals surface area contributed by atoms with Crippen LogP contribution in [0, 0.1) is 0 Å². The molecule has 2 aromatic carbocycles. The lowest BCUT2D eigenvalue weighted by atomic mass is 10.00. The van der Waals surface area contributed by atoms with E-state index in [9.17, 15) is 9.59 Å². The molecule has 2 amide bonds. The second kappa shape index (κ2) is 8.46. The number of hydrogen-bond donors (Lipinski definition) is 1. The lowest BCUT2D eigenvalue weighted by Crippen LogP contribution is -2.38. The van der Waals surface area contributed by atoms with Crippen molar-refractivity contribution in [3.63, 3.8) is 0 Å². The molecule has 1 heterocycles. The van der Waals surface area contributed by atoms with Crippen LogP contribution in [-0.2, 0) is 24.1 Å². The van der Waals surface area contributed by atoms with Gasteiger partial charge in [0.15, 0.2) is 0 Å². The van der Waals surface area contributed by atoms with E-state index in [0.717, 1.165) is 17.5 Å². The van der Waals surface area contributed by atoms with Crippen molar-refractivity contribution in [1.82, 2.24) is 10.2 Å². The summed E-state index contributed by atoms with van der Waals surface area (Å²) in [5.41, 5.74) is 3.53. The molecular formula is C23H28N2O3. The number of carbonyl (C=O) groups is 2. The molecule has 0 fully saturated rings. The average Bonchev–Trinajstić information content (AvgIpc) is 2.87. The number of ether oxygens (including phenoxy) is 1. The van der Waals surface area contributed by atoms with Gasteiger partial charge in [-0.1, -0.05) is 36.4 Å². The monoisotopic (exact) mass is 380 g/mol. The molecule has 0 saturated heterocycles. The van der Waals surface area contributed by atoms with Crippen LogP contribution in [0.2, 0.25) is 0 Å². The summed E-state index contributed by atoms with van der Waals surface area (Å²) in [6.07, 6.45) is 1.20. The van der Waals surface area contributed by atoms with Gasteiger partial charge in [-0.3, -0.25) is 4.79 Å². The van der Waals surface area contributed by atoms with Crippen molar-refractivity contribution in [2.45, 2.75) is 45.8 Å². The van der Waals surface area contributed by atoms with Crippen molar-refractivity contribution in [3.05, 3.63) is 70.8 Å². The largest absolute Gasteiger partial charge is 0.444 e. The summed E-state index contributed by atoms with van der Waals surface area (Å²) in [6.45, 7) is 7.34. The maximum absolute atomic E-state index is 12.5. The summed E-state index contributed by atoms with van der Waals surface area (Å²) in [6, 6.07) is 15.7. The fourth-order valence-electron chi connectivity index (χ4n) is 3.26. The topological polar surface area (TPSA) is 58.6 Å². The fraction of sp³-hybridized carbons (Fsp3) is 0.391. The van der Waals surface area contributed by atoms with Gasteiger partial charge in [-0.05, 0) is 62.4 Å². The van der Waals surface area contributed by atoms with Crippen molar-refractivity contribution < 1.29 is 14.3 Å². The number of fused-ring (bicyclic) bond motifs is 1. The molecule has 1 aliphatic rings. The average molecular weight is 380 g/mol. The standard InChI is InChI=1S/C23H28N2O3/c1-23(2,3)28-22(27)25-13-11-18-9-10-20(15-19(18)12-14-25)21(26)24-16-17-7-5-4-6-8-17/h4-10,15H,11-14,16H2,1-3H3,(H,24,26). The Morgan fingerprint density at radius 1 is 1.00 bits per heavy atom. The SMILES string of the molecule is CC(C)(C)OC(=O)N1CCc2ccc(C(=O)NCc3ccccc3)cc2CC1. The van der Waals surface area contributed by atoms with Crippen LogP contribution in [0.5, 0.6) is 0 Å². The van der Waals surface area contributed by atoms with Gasteiger partial charge < -0.3 is 15.0 Å². The molecule has 0 saturated carbocycles.